The maximum absolute atomic E-state index is 11.5. The van der Waals surface area contributed by atoms with Crippen LogP contribution in [0.5, 0.6) is 0 Å². The second-order valence-corrected chi connectivity index (χ2v) is 3.12. The molecule has 1 atom stereocenters. The molecule has 1 N–H and O–H groups in total. The molecule has 6 nitrogen and oxygen atoms in total. The minimum Gasteiger partial charge on any atom is -0.331 e. The molecule has 0 radical (unpaired) electrons. The Hall–Kier alpha value is -2.21. The molecule has 2 aliphatic rings. The molecule has 0 fully saturated rings. The molecule has 0 saturated carbocycles. The first-order valence-corrected chi connectivity index (χ1v) is 4.46. The molecule has 0 amide bonds. The summed E-state index contributed by atoms with van der Waals surface area (Å²) in [6, 6.07) is 0. The van der Waals surface area contributed by atoms with Gasteiger partial charge in [-0.2, -0.15) is 0 Å². The fourth-order valence-electron chi connectivity index (χ4n) is 1.37. The first-order chi connectivity index (χ1) is 7.68. The minimum absolute atomic E-state index is 0.0550. The number of hydrogen-bond donors (Lipinski definition) is 1. The lowest BCUT2D eigenvalue weighted by Crippen LogP contribution is -2.24. The highest BCUT2D eigenvalue weighted by Gasteiger charge is 2.29. The lowest BCUT2D eigenvalue weighted by Gasteiger charge is -2.12. The lowest BCUT2D eigenvalue weighted by atomic mass is 9.91. The summed E-state index contributed by atoms with van der Waals surface area (Å²) in [5.41, 5.74) is 1.67. The number of allylic oxidation sites excluding steroid dienone is 4. The molecule has 1 heterocycles. The van der Waals surface area contributed by atoms with Crippen LogP contribution in [0.25, 0.3) is 0 Å². The van der Waals surface area contributed by atoms with Gasteiger partial charge >= 0.3 is 11.9 Å². The van der Waals surface area contributed by atoms with Crippen LogP contribution in [0, 0.1) is 5.92 Å². The second-order valence-electron chi connectivity index (χ2n) is 3.12. The van der Waals surface area contributed by atoms with Gasteiger partial charge in [-0.05, 0) is 6.08 Å². The fourth-order valence-corrected chi connectivity index (χ4v) is 1.37. The van der Waals surface area contributed by atoms with Crippen LogP contribution in [-0.2, 0) is 24.1 Å². The minimum atomic E-state index is -0.816. The average molecular weight is 221 g/mol. The van der Waals surface area contributed by atoms with Gasteiger partial charge in [0.1, 0.15) is 0 Å². The van der Waals surface area contributed by atoms with Gasteiger partial charge in [0.15, 0.2) is 5.78 Å². The Morgan fingerprint density at radius 2 is 1.94 bits per heavy atom. The van der Waals surface area contributed by atoms with Crippen LogP contribution >= 0.6 is 0 Å². The van der Waals surface area contributed by atoms with Crippen LogP contribution in [0.4, 0.5) is 0 Å². The standard InChI is InChI=1S/C10H7NO5/c12-8-4-2-1-3-6(8)7-5-9(13)15-11-16-10(7)14/h1-6,11H. The van der Waals surface area contributed by atoms with E-state index in [1.54, 1.807) is 17.8 Å². The van der Waals surface area contributed by atoms with Gasteiger partial charge < -0.3 is 9.68 Å². The Morgan fingerprint density at radius 1 is 1.12 bits per heavy atom. The zero-order chi connectivity index (χ0) is 11.5. The zero-order valence-electron chi connectivity index (χ0n) is 8.01. The van der Waals surface area contributed by atoms with Gasteiger partial charge in [0.05, 0.1) is 11.5 Å². The third-order valence-electron chi connectivity index (χ3n) is 2.10. The van der Waals surface area contributed by atoms with Crippen molar-refractivity contribution in [1.82, 2.24) is 5.64 Å². The number of hydrogen-bond acceptors (Lipinski definition) is 6. The molecule has 1 aliphatic carbocycles. The molecule has 0 spiro atoms. The molecule has 1 unspecified atom stereocenters. The highest BCUT2D eigenvalue weighted by molar-refractivity contribution is 6.07. The van der Waals surface area contributed by atoms with Crippen molar-refractivity contribution in [2.24, 2.45) is 5.92 Å². The first kappa shape index (κ1) is 10.3. The Balaban J connectivity index is 2.33. The van der Waals surface area contributed by atoms with E-state index in [1.807, 2.05) is 0 Å². The van der Waals surface area contributed by atoms with Gasteiger partial charge in [0.25, 0.3) is 0 Å². The van der Waals surface area contributed by atoms with E-state index in [0.29, 0.717) is 0 Å². The Bertz CT molecular complexity index is 446. The smallest absolute Gasteiger partial charge is 0.331 e. The summed E-state index contributed by atoms with van der Waals surface area (Å²) in [5, 5.41) is 0. The molecule has 16 heavy (non-hydrogen) atoms. The highest BCUT2D eigenvalue weighted by atomic mass is 16.9. The van der Waals surface area contributed by atoms with Gasteiger partial charge in [0, 0.05) is 11.7 Å². The molecule has 0 bridgehead atoms. The van der Waals surface area contributed by atoms with E-state index in [1.165, 1.54) is 12.2 Å². The fraction of sp³-hybridized carbons (Fsp3) is 0.100. The van der Waals surface area contributed by atoms with Crippen molar-refractivity contribution in [3.05, 3.63) is 36.0 Å². The molecule has 2 rings (SSSR count). The van der Waals surface area contributed by atoms with E-state index in [9.17, 15) is 14.4 Å². The maximum atomic E-state index is 11.5. The Morgan fingerprint density at radius 3 is 2.69 bits per heavy atom. The highest BCUT2D eigenvalue weighted by Crippen LogP contribution is 2.20. The largest absolute Gasteiger partial charge is 0.357 e. The predicted octanol–water partition coefficient (Wildman–Crippen LogP) is -0.256. The SMILES string of the molecule is O=C1C=C(C2C=CC=CC2=O)C(=O)ONO1. The quantitative estimate of drug-likeness (QED) is 0.657. The summed E-state index contributed by atoms with van der Waals surface area (Å²) >= 11 is 0. The summed E-state index contributed by atoms with van der Waals surface area (Å²) in [6.07, 6.45) is 6.94. The van der Waals surface area contributed by atoms with Crippen LogP contribution in [0.15, 0.2) is 36.0 Å². The van der Waals surface area contributed by atoms with Crippen LogP contribution < -0.4 is 5.64 Å². The van der Waals surface area contributed by atoms with Gasteiger partial charge in [-0.25, -0.2) is 9.59 Å². The lowest BCUT2D eigenvalue weighted by molar-refractivity contribution is -0.189. The molecule has 0 aromatic heterocycles. The van der Waals surface area contributed by atoms with E-state index >= 15 is 0 Å². The number of rotatable bonds is 1. The van der Waals surface area contributed by atoms with Crippen LogP contribution in [0.2, 0.25) is 0 Å². The summed E-state index contributed by atoms with van der Waals surface area (Å²) in [7, 11) is 0. The number of nitrogens with one attached hydrogen (secondary N) is 1. The third-order valence-corrected chi connectivity index (χ3v) is 2.10. The third kappa shape index (κ3) is 1.91. The van der Waals surface area contributed by atoms with Gasteiger partial charge in [-0.15, -0.1) is 0 Å². The molecule has 82 valence electrons. The molecular weight excluding hydrogens is 214 g/mol. The van der Waals surface area contributed by atoms with E-state index in [0.717, 1.165) is 6.08 Å². The van der Waals surface area contributed by atoms with E-state index in [-0.39, 0.29) is 11.4 Å². The Kier molecular flexibility index (Phi) is 2.65. The summed E-state index contributed by atoms with van der Waals surface area (Å²) < 4.78 is 0. The van der Waals surface area contributed by atoms with Crippen molar-refractivity contribution >= 4 is 17.7 Å². The Labute approximate surface area is 90.1 Å². The average Bonchev–Trinajstić information content (AvgIpc) is 2.42. The van der Waals surface area contributed by atoms with E-state index in [2.05, 4.69) is 9.68 Å². The van der Waals surface area contributed by atoms with Gasteiger partial charge in [-0.3, -0.25) is 4.79 Å². The van der Waals surface area contributed by atoms with Crippen molar-refractivity contribution in [2.45, 2.75) is 0 Å². The van der Waals surface area contributed by atoms with Crippen molar-refractivity contribution < 1.29 is 24.1 Å². The normalized spacial score (nSPS) is 24.6. The summed E-state index contributed by atoms with van der Waals surface area (Å²) in [5.74, 6) is -2.70. The maximum Gasteiger partial charge on any atom is 0.357 e. The number of carbonyl (C=O) groups excluding carboxylic acids is 3. The first-order valence-electron chi connectivity index (χ1n) is 4.46. The molecule has 0 aromatic rings. The van der Waals surface area contributed by atoms with Gasteiger partial charge in [0.2, 0.25) is 0 Å². The van der Waals surface area contributed by atoms with Crippen LogP contribution in [-0.4, -0.2) is 17.7 Å². The summed E-state index contributed by atoms with van der Waals surface area (Å²) in [6.45, 7) is 0. The molecule has 6 heteroatoms. The van der Waals surface area contributed by atoms with Crippen LogP contribution in [0.1, 0.15) is 0 Å². The monoisotopic (exact) mass is 221 g/mol. The summed E-state index contributed by atoms with van der Waals surface area (Å²) in [4.78, 5) is 42.6. The predicted molar refractivity (Wildman–Crippen MR) is 50.2 cm³/mol. The second kappa shape index (κ2) is 4.11. The van der Waals surface area contributed by atoms with Crippen molar-refractivity contribution in [1.29, 1.82) is 0 Å². The number of ketones is 1. The molecule has 0 saturated heterocycles. The van der Waals surface area contributed by atoms with Crippen molar-refractivity contribution in [3.63, 3.8) is 0 Å². The van der Waals surface area contributed by atoms with E-state index in [4.69, 9.17) is 0 Å². The molecule has 1 aliphatic heterocycles. The topological polar surface area (TPSA) is 81.7 Å². The van der Waals surface area contributed by atoms with Gasteiger partial charge in [-0.1, -0.05) is 18.2 Å². The number of carbonyl (C=O) groups is 3. The molecular formula is C10H7NO5. The van der Waals surface area contributed by atoms with Crippen molar-refractivity contribution in [3.8, 4) is 0 Å². The van der Waals surface area contributed by atoms with E-state index < -0.39 is 17.9 Å². The van der Waals surface area contributed by atoms with Crippen molar-refractivity contribution in [2.75, 3.05) is 0 Å². The van der Waals surface area contributed by atoms with Crippen LogP contribution in [0.3, 0.4) is 0 Å². The molecule has 0 aromatic carbocycles. The zero-order valence-corrected chi connectivity index (χ0v) is 8.01.